The molecule has 1 aromatic heterocycles. The molecule has 0 radical (unpaired) electrons. The minimum Gasteiger partial charge on any atom is -0.497 e. The van der Waals surface area contributed by atoms with Gasteiger partial charge in [0.2, 0.25) is 0 Å². The smallest absolute Gasteiger partial charge is 0.162 e. The molecule has 0 bridgehead atoms. The zero-order valence-electron chi connectivity index (χ0n) is 15.5. The van der Waals surface area contributed by atoms with E-state index in [1.165, 1.54) is 0 Å². The summed E-state index contributed by atoms with van der Waals surface area (Å²) in [4.78, 5) is 15.8. The van der Waals surface area contributed by atoms with Gasteiger partial charge in [0, 0.05) is 22.5 Å². The Labute approximate surface area is 157 Å². The molecule has 3 aromatic rings. The van der Waals surface area contributed by atoms with E-state index in [0.29, 0.717) is 11.3 Å². The number of nitrogens with two attached hydrogens (primary N) is 1. The Hall–Kier alpha value is -3.41. The van der Waals surface area contributed by atoms with Crippen LogP contribution in [0.5, 0.6) is 5.75 Å². The van der Waals surface area contributed by atoms with Crippen molar-refractivity contribution in [2.75, 3.05) is 23.5 Å². The van der Waals surface area contributed by atoms with Gasteiger partial charge >= 0.3 is 0 Å². The van der Waals surface area contributed by atoms with Crippen molar-refractivity contribution in [3.8, 4) is 16.9 Å². The Morgan fingerprint density at radius 2 is 1.78 bits per heavy atom. The first kappa shape index (κ1) is 17.0. The molecule has 138 valence electrons. The van der Waals surface area contributed by atoms with E-state index in [9.17, 15) is 4.79 Å². The average Bonchev–Trinajstić information content (AvgIpc) is 3.22. The second-order valence-corrected chi connectivity index (χ2v) is 6.73. The summed E-state index contributed by atoms with van der Waals surface area (Å²) in [6, 6.07) is 13.5. The van der Waals surface area contributed by atoms with Gasteiger partial charge in [-0.25, -0.2) is 0 Å². The Balaban J connectivity index is 1.82. The fourth-order valence-corrected chi connectivity index (χ4v) is 3.66. The number of fused-ring (bicyclic) bond motifs is 1. The average molecular weight is 362 g/mol. The molecule has 2 heterocycles. The van der Waals surface area contributed by atoms with Crippen LogP contribution >= 0.6 is 0 Å². The van der Waals surface area contributed by atoms with Crippen molar-refractivity contribution in [1.82, 2.24) is 4.98 Å². The van der Waals surface area contributed by atoms with Crippen LogP contribution in [0, 0.1) is 6.92 Å². The largest absolute Gasteiger partial charge is 0.497 e. The monoisotopic (exact) mass is 362 g/mol. The Bertz CT molecular complexity index is 1020. The molecule has 0 saturated carbocycles. The molecule has 1 unspecified atom stereocenters. The number of ketones is 1. The third-order valence-electron chi connectivity index (χ3n) is 4.88. The highest BCUT2D eigenvalue weighted by Crippen LogP contribution is 2.41. The van der Waals surface area contributed by atoms with Crippen molar-refractivity contribution in [2.24, 2.45) is 0 Å². The summed E-state index contributed by atoms with van der Waals surface area (Å²) < 4.78 is 5.26. The van der Waals surface area contributed by atoms with E-state index in [1.807, 2.05) is 49.4 Å². The van der Waals surface area contributed by atoms with Gasteiger partial charge in [0.1, 0.15) is 11.9 Å². The number of ether oxygens (including phenoxy) is 1. The van der Waals surface area contributed by atoms with Crippen molar-refractivity contribution >= 4 is 22.8 Å². The normalized spacial score (nSPS) is 15.0. The molecule has 0 saturated heterocycles. The minimum atomic E-state index is -0.189. The maximum atomic E-state index is 12.4. The van der Waals surface area contributed by atoms with Gasteiger partial charge in [0.25, 0.3) is 0 Å². The molecule has 0 aliphatic carbocycles. The van der Waals surface area contributed by atoms with Gasteiger partial charge in [0.15, 0.2) is 5.78 Å². The van der Waals surface area contributed by atoms with Crippen LogP contribution in [0.1, 0.15) is 34.8 Å². The lowest BCUT2D eigenvalue weighted by molar-refractivity contribution is 0.101. The number of aromatic nitrogens is 1. The highest BCUT2D eigenvalue weighted by atomic mass is 16.5. The number of carbonyl (C=O) groups is 1. The molecule has 1 aliphatic heterocycles. The number of nitrogen functional groups attached to an aromatic ring is 1. The quantitative estimate of drug-likeness (QED) is 0.410. The minimum absolute atomic E-state index is 0.0283. The summed E-state index contributed by atoms with van der Waals surface area (Å²) in [7, 11) is 1.64. The van der Waals surface area contributed by atoms with Crippen molar-refractivity contribution in [1.29, 1.82) is 0 Å². The maximum Gasteiger partial charge on any atom is 0.162 e. The van der Waals surface area contributed by atoms with Crippen molar-refractivity contribution in [3.63, 3.8) is 0 Å². The Kier molecular flexibility index (Phi) is 4.03. The number of anilines is 3. The molecule has 0 fully saturated rings. The third-order valence-corrected chi connectivity index (χ3v) is 4.88. The number of hydrogen-bond donors (Lipinski definition) is 4. The van der Waals surface area contributed by atoms with Crippen LogP contribution in [-0.4, -0.2) is 17.9 Å². The first-order valence-corrected chi connectivity index (χ1v) is 8.78. The molecule has 6 nitrogen and oxygen atoms in total. The molecule has 6 heteroatoms. The number of aromatic amines is 1. The van der Waals surface area contributed by atoms with Gasteiger partial charge in [0.05, 0.1) is 24.2 Å². The number of methoxy groups -OCH3 is 1. The number of H-pyrrole nitrogens is 1. The van der Waals surface area contributed by atoms with E-state index in [2.05, 4.69) is 15.6 Å². The van der Waals surface area contributed by atoms with Crippen molar-refractivity contribution in [2.45, 2.75) is 20.0 Å². The molecule has 0 spiro atoms. The number of benzene rings is 2. The van der Waals surface area contributed by atoms with Crippen LogP contribution in [0.25, 0.3) is 11.1 Å². The molecular formula is C21H22N4O2. The van der Waals surface area contributed by atoms with Crippen molar-refractivity contribution in [3.05, 3.63) is 59.4 Å². The van der Waals surface area contributed by atoms with Gasteiger partial charge in [-0.1, -0.05) is 12.1 Å². The third kappa shape index (κ3) is 2.89. The fraction of sp³-hybridized carbons (Fsp3) is 0.190. The number of hydrogen-bond acceptors (Lipinski definition) is 5. The summed E-state index contributed by atoms with van der Waals surface area (Å²) in [6.45, 7) is 3.52. The maximum absolute atomic E-state index is 12.4. The highest BCUT2D eigenvalue weighted by Gasteiger charge is 2.29. The second kappa shape index (κ2) is 6.39. The standard InChI is InChI=1S/C21H22N4O2/c1-11-18(12(2)26)19(13-4-7-15(27-3)8-5-13)20(23-11)21-24-16-9-6-14(22)10-17(16)25-21/h4-10,21,23-25H,22H2,1-3H3. The van der Waals surface area contributed by atoms with Crippen LogP contribution in [0.2, 0.25) is 0 Å². The fourth-order valence-electron chi connectivity index (χ4n) is 3.66. The summed E-state index contributed by atoms with van der Waals surface area (Å²) in [5, 5.41) is 6.90. The highest BCUT2D eigenvalue weighted by molar-refractivity contribution is 6.03. The van der Waals surface area contributed by atoms with Gasteiger partial charge in [-0.05, 0) is 49.7 Å². The lowest BCUT2D eigenvalue weighted by Crippen LogP contribution is -2.14. The molecule has 0 amide bonds. The van der Waals surface area contributed by atoms with Crippen molar-refractivity contribution < 1.29 is 9.53 Å². The molecule has 5 N–H and O–H groups in total. The van der Waals surface area contributed by atoms with Gasteiger partial charge in [-0.15, -0.1) is 0 Å². The van der Waals surface area contributed by atoms with Crippen LogP contribution in [0.4, 0.5) is 17.1 Å². The molecule has 2 aromatic carbocycles. The van der Waals surface area contributed by atoms with Gasteiger partial charge in [-0.2, -0.15) is 0 Å². The first-order chi connectivity index (χ1) is 13.0. The molecule has 1 aliphatic rings. The van der Waals surface area contributed by atoms with Crippen LogP contribution in [-0.2, 0) is 0 Å². The van der Waals surface area contributed by atoms with Crippen LogP contribution in [0.15, 0.2) is 42.5 Å². The summed E-state index contributed by atoms with van der Waals surface area (Å²) >= 11 is 0. The number of Topliss-reactive ketones (excluding diaryl/α,β-unsaturated/α-hetero) is 1. The zero-order chi connectivity index (χ0) is 19.1. The summed E-state index contributed by atoms with van der Waals surface area (Å²) in [5.41, 5.74) is 12.8. The second-order valence-electron chi connectivity index (χ2n) is 6.73. The predicted octanol–water partition coefficient (Wildman–Crippen LogP) is 4.32. The molecule has 4 rings (SSSR count). The first-order valence-electron chi connectivity index (χ1n) is 8.78. The predicted molar refractivity (Wildman–Crippen MR) is 108 cm³/mol. The molecule has 1 atom stereocenters. The van der Waals surface area contributed by atoms with E-state index in [-0.39, 0.29) is 11.9 Å². The molecular weight excluding hydrogens is 340 g/mol. The van der Waals surface area contributed by atoms with Crippen LogP contribution < -0.4 is 21.1 Å². The van der Waals surface area contributed by atoms with E-state index in [4.69, 9.17) is 10.5 Å². The Morgan fingerprint density at radius 3 is 2.44 bits per heavy atom. The zero-order valence-corrected chi connectivity index (χ0v) is 15.5. The Morgan fingerprint density at radius 1 is 1.07 bits per heavy atom. The lowest BCUT2D eigenvalue weighted by Gasteiger charge is -2.15. The molecule has 27 heavy (non-hydrogen) atoms. The van der Waals surface area contributed by atoms with E-state index in [1.54, 1.807) is 14.0 Å². The number of rotatable bonds is 4. The number of aryl methyl sites for hydroxylation is 1. The van der Waals surface area contributed by atoms with Gasteiger partial charge < -0.3 is 26.1 Å². The number of carbonyl (C=O) groups excluding carboxylic acids is 1. The van der Waals surface area contributed by atoms with E-state index >= 15 is 0 Å². The summed E-state index contributed by atoms with van der Waals surface area (Å²) in [6.07, 6.45) is -0.189. The lowest BCUT2D eigenvalue weighted by atomic mass is 9.97. The SMILES string of the molecule is COc1ccc(-c2c(C3Nc4ccc(N)cc4N3)[nH]c(C)c2C(C)=O)cc1. The van der Waals surface area contributed by atoms with Crippen LogP contribution in [0.3, 0.4) is 0 Å². The number of nitrogens with one attached hydrogen (secondary N) is 3. The topological polar surface area (TPSA) is 92.2 Å². The van der Waals surface area contributed by atoms with E-state index in [0.717, 1.165) is 39.6 Å². The van der Waals surface area contributed by atoms with Gasteiger partial charge in [-0.3, -0.25) is 4.79 Å². The summed E-state index contributed by atoms with van der Waals surface area (Å²) in [5.74, 6) is 0.803. The van der Waals surface area contributed by atoms with E-state index < -0.39 is 0 Å².